The van der Waals surface area contributed by atoms with Crippen LogP contribution in [0.15, 0.2) is 41.3 Å². The van der Waals surface area contributed by atoms with Crippen molar-refractivity contribution in [3.8, 4) is 0 Å². The van der Waals surface area contributed by atoms with Gasteiger partial charge in [0.05, 0.1) is 16.1 Å². The van der Waals surface area contributed by atoms with Crippen molar-refractivity contribution < 1.29 is 27.1 Å². The summed E-state index contributed by atoms with van der Waals surface area (Å²) in [5.41, 5.74) is -0.972. The molecule has 122 valence electrons. The number of para-hydroxylation sites is 1. The maximum Gasteiger partial charge on any atom is 0.335 e. The number of rotatable bonds is 4. The van der Waals surface area contributed by atoms with E-state index in [9.17, 15) is 22.0 Å². The topological polar surface area (TPSA) is 74.7 Å². The minimum atomic E-state index is -4.33. The third-order valence-electron chi connectivity index (χ3n) is 3.37. The van der Waals surface area contributed by atoms with Crippen molar-refractivity contribution >= 4 is 21.7 Å². The molecule has 0 saturated carbocycles. The summed E-state index contributed by atoms with van der Waals surface area (Å²) in [5.74, 6) is -3.20. The van der Waals surface area contributed by atoms with Gasteiger partial charge < -0.3 is 5.11 Å². The first-order chi connectivity index (χ1) is 10.7. The molecule has 0 saturated heterocycles. The van der Waals surface area contributed by atoms with Gasteiger partial charge in [0.2, 0.25) is 0 Å². The van der Waals surface area contributed by atoms with Crippen LogP contribution in [0.2, 0.25) is 0 Å². The zero-order chi connectivity index (χ0) is 17.4. The molecule has 0 aliphatic heterocycles. The molecule has 2 rings (SSSR count). The average molecular weight is 341 g/mol. The molecule has 0 aliphatic rings. The SMILES string of the molecule is Cc1c(F)cc(C(=O)O)cc1S(=O)(=O)N(C)c1ccccc1F. The number of nitrogens with zero attached hydrogens (tertiary/aromatic N) is 1. The molecular formula is C15H13F2NO4S. The zero-order valence-electron chi connectivity index (χ0n) is 12.2. The van der Waals surface area contributed by atoms with E-state index < -0.39 is 38.1 Å². The molecule has 0 bridgehead atoms. The molecule has 8 heteroatoms. The Morgan fingerprint density at radius 3 is 2.30 bits per heavy atom. The molecule has 0 fully saturated rings. The number of carboxylic acid groups (broad SMARTS) is 1. The molecule has 1 N–H and O–H groups in total. The quantitative estimate of drug-likeness (QED) is 0.928. The number of halogens is 2. The van der Waals surface area contributed by atoms with Gasteiger partial charge in [-0.05, 0) is 31.2 Å². The van der Waals surface area contributed by atoms with Crippen molar-refractivity contribution in [2.24, 2.45) is 0 Å². The Bertz CT molecular complexity index is 881. The smallest absolute Gasteiger partial charge is 0.335 e. The summed E-state index contributed by atoms with van der Waals surface area (Å²) in [6.45, 7) is 1.21. The highest BCUT2D eigenvalue weighted by Crippen LogP contribution is 2.28. The van der Waals surface area contributed by atoms with Crippen molar-refractivity contribution in [3.63, 3.8) is 0 Å². The highest BCUT2D eigenvalue weighted by molar-refractivity contribution is 7.92. The molecule has 0 spiro atoms. The monoisotopic (exact) mass is 341 g/mol. The summed E-state index contributed by atoms with van der Waals surface area (Å²) in [6.07, 6.45) is 0. The lowest BCUT2D eigenvalue weighted by Crippen LogP contribution is -2.28. The van der Waals surface area contributed by atoms with Crippen LogP contribution in [0.5, 0.6) is 0 Å². The minimum Gasteiger partial charge on any atom is -0.478 e. The maximum atomic E-state index is 13.9. The number of anilines is 1. The Labute approximate surface area is 131 Å². The number of hydrogen-bond acceptors (Lipinski definition) is 3. The van der Waals surface area contributed by atoms with Crippen LogP contribution in [0.25, 0.3) is 0 Å². The normalized spacial score (nSPS) is 11.3. The highest BCUT2D eigenvalue weighted by Gasteiger charge is 2.27. The Morgan fingerprint density at radius 1 is 1.13 bits per heavy atom. The highest BCUT2D eigenvalue weighted by atomic mass is 32.2. The lowest BCUT2D eigenvalue weighted by Gasteiger charge is -2.21. The molecule has 2 aromatic rings. The van der Waals surface area contributed by atoms with E-state index in [1.54, 1.807) is 0 Å². The first-order valence-electron chi connectivity index (χ1n) is 6.43. The van der Waals surface area contributed by atoms with Gasteiger partial charge in [-0.2, -0.15) is 0 Å². The van der Waals surface area contributed by atoms with E-state index in [0.29, 0.717) is 4.31 Å². The van der Waals surface area contributed by atoms with Crippen molar-refractivity contribution in [3.05, 3.63) is 59.2 Å². The summed E-state index contributed by atoms with van der Waals surface area (Å²) < 4.78 is 53.6. The molecule has 0 aliphatic carbocycles. The first kappa shape index (κ1) is 16.9. The Hall–Kier alpha value is -2.48. The van der Waals surface area contributed by atoms with E-state index in [4.69, 9.17) is 5.11 Å². The second-order valence-corrected chi connectivity index (χ2v) is 6.75. The van der Waals surface area contributed by atoms with Gasteiger partial charge in [-0.3, -0.25) is 4.31 Å². The second-order valence-electron chi connectivity index (χ2n) is 4.81. The van der Waals surface area contributed by atoms with Gasteiger partial charge in [-0.15, -0.1) is 0 Å². The van der Waals surface area contributed by atoms with Crippen molar-refractivity contribution in [1.82, 2.24) is 0 Å². The zero-order valence-corrected chi connectivity index (χ0v) is 13.1. The number of aromatic carboxylic acids is 1. The van der Waals surface area contributed by atoms with Crippen LogP contribution in [-0.2, 0) is 10.0 Å². The summed E-state index contributed by atoms with van der Waals surface area (Å²) >= 11 is 0. The average Bonchev–Trinajstić information content (AvgIpc) is 2.49. The summed E-state index contributed by atoms with van der Waals surface area (Å²) in [6, 6.07) is 6.77. The van der Waals surface area contributed by atoms with Crippen LogP contribution in [0.1, 0.15) is 15.9 Å². The molecule has 5 nitrogen and oxygen atoms in total. The third kappa shape index (κ3) is 3.02. The minimum absolute atomic E-state index is 0.229. The van der Waals surface area contributed by atoms with Crippen LogP contribution < -0.4 is 4.31 Å². The van der Waals surface area contributed by atoms with Crippen LogP contribution in [0, 0.1) is 18.6 Å². The van der Waals surface area contributed by atoms with Gasteiger partial charge in [0.15, 0.2) is 0 Å². The maximum absolute atomic E-state index is 13.9. The van der Waals surface area contributed by atoms with E-state index in [1.807, 2.05) is 0 Å². The van der Waals surface area contributed by atoms with Gasteiger partial charge in [-0.25, -0.2) is 22.0 Å². The molecule has 0 aromatic heterocycles. The fraction of sp³-hybridized carbons (Fsp3) is 0.133. The number of carboxylic acids is 1. The van der Waals surface area contributed by atoms with Gasteiger partial charge in [0, 0.05) is 12.6 Å². The van der Waals surface area contributed by atoms with E-state index in [1.165, 1.54) is 25.1 Å². The number of sulfonamides is 1. The summed E-state index contributed by atoms with van der Waals surface area (Å²) in [5, 5.41) is 8.95. The lowest BCUT2D eigenvalue weighted by molar-refractivity contribution is 0.0696. The van der Waals surface area contributed by atoms with Crippen molar-refractivity contribution in [2.45, 2.75) is 11.8 Å². The van der Waals surface area contributed by atoms with E-state index in [-0.39, 0.29) is 11.3 Å². The van der Waals surface area contributed by atoms with E-state index in [0.717, 1.165) is 25.2 Å². The Morgan fingerprint density at radius 2 is 1.74 bits per heavy atom. The fourth-order valence-electron chi connectivity index (χ4n) is 2.03. The Balaban J connectivity index is 2.65. The first-order valence-corrected chi connectivity index (χ1v) is 7.87. The van der Waals surface area contributed by atoms with Gasteiger partial charge in [-0.1, -0.05) is 12.1 Å². The number of carbonyl (C=O) groups is 1. The van der Waals surface area contributed by atoms with Gasteiger partial charge in [0.1, 0.15) is 11.6 Å². The van der Waals surface area contributed by atoms with E-state index in [2.05, 4.69) is 0 Å². The second kappa shape index (κ2) is 5.96. The molecular weight excluding hydrogens is 328 g/mol. The van der Waals surface area contributed by atoms with Crippen molar-refractivity contribution in [2.75, 3.05) is 11.4 Å². The molecule has 0 amide bonds. The predicted octanol–water partition coefficient (Wildman–Crippen LogP) is 2.80. The predicted molar refractivity (Wildman–Crippen MR) is 80.1 cm³/mol. The standard InChI is InChI=1S/C15H13F2NO4S/c1-9-12(17)7-10(15(19)20)8-14(9)23(21,22)18(2)13-6-4-3-5-11(13)16/h3-8H,1-2H3,(H,19,20). The molecule has 0 heterocycles. The van der Waals surface area contributed by atoms with Crippen LogP contribution in [0.4, 0.5) is 14.5 Å². The third-order valence-corrected chi connectivity index (χ3v) is 5.27. The summed E-state index contributed by atoms with van der Waals surface area (Å²) in [4.78, 5) is 10.5. The lowest BCUT2D eigenvalue weighted by atomic mass is 10.1. The largest absolute Gasteiger partial charge is 0.478 e. The van der Waals surface area contributed by atoms with Crippen molar-refractivity contribution in [1.29, 1.82) is 0 Å². The van der Waals surface area contributed by atoms with Gasteiger partial charge in [0.25, 0.3) is 10.0 Å². The summed E-state index contributed by atoms with van der Waals surface area (Å²) in [7, 11) is -3.22. The fourth-order valence-corrected chi connectivity index (χ4v) is 3.49. The molecule has 0 atom stereocenters. The molecule has 2 aromatic carbocycles. The van der Waals surface area contributed by atoms with Crippen LogP contribution >= 0.6 is 0 Å². The number of benzene rings is 2. The van der Waals surface area contributed by atoms with Crippen LogP contribution in [0.3, 0.4) is 0 Å². The van der Waals surface area contributed by atoms with Gasteiger partial charge >= 0.3 is 5.97 Å². The molecule has 0 unspecified atom stereocenters. The van der Waals surface area contributed by atoms with E-state index >= 15 is 0 Å². The Kier molecular flexibility index (Phi) is 4.37. The van der Waals surface area contributed by atoms with Crippen LogP contribution in [-0.4, -0.2) is 26.5 Å². The number of hydrogen-bond donors (Lipinski definition) is 1. The molecule has 23 heavy (non-hydrogen) atoms. The molecule has 0 radical (unpaired) electrons.